The minimum absolute atomic E-state index is 0.0524. The maximum Gasteiger partial charge on any atom is 0.224 e. The van der Waals surface area contributed by atoms with E-state index < -0.39 is 0 Å². The quantitative estimate of drug-likeness (QED) is 0.699. The number of carbonyl (C=O) groups is 2. The second-order valence-corrected chi connectivity index (χ2v) is 6.20. The minimum atomic E-state index is -0.0524. The number of rotatable bonds is 8. The number of carbonyl (C=O) groups excluding carboxylic acids is 2. The first-order chi connectivity index (χ1) is 10.5. The smallest absolute Gasteiger partial charge is 0.224 e. The van der Waals surface area contributed by atoms with Gasteiger partial charge >= 0.3 is 0 Å². The Labute approximate surface area is 141 Å². The van der Waals surface area contributed by atoms with Gasteiger partial charge in [0.15, 0.2) is 0 Å². The van der Waals surface area contributed by atoms with Crippen LogP contribution >= 0.6 is 15.9 Å². The number of hydrogen-bond donors (Lipinski definition) is 0. The Morgan fingerprint density at radius 1 is 1.09 bits per heavy atom. The lowest BCUT2D eigenvalue weighted by Crippen LogP contribution is -2.37. The van der Waals surface area contributed by atoms with Crippen LogP contribution in [0.15, 0.2) is 28.7 Å². The van der Waals surface area contributed by atoms with Crippen molar-refractivity contribution in [3.05, 3.63) is 28.7 Å². The summed E-state index contributed by atoms with van der Waals surface area (Å²) in [4.78, 5) is 27.7. The van der Waals surface area contributed by atoms with E-state index in [2.05, 4.69) is 29.8 Å². The highest BCUT2D eigenvalue weighted by Crippen LogP contribution is 2.20. The molecule has 1 aromatic rings. The second kappa shape index (κ2) is 9.62. The Hall–Kier alpha value is -1.36. The first kappa shape index (κ1) is 18.7. The molecule has 0 saturated heterocycles. The molecule has 1 aromatic carbocycles. The normalized spacial score (nSPS) is 10.4. The standard InChI is InChI=1S/C17H25BrN2O2/c1-4-10-19(11-5-2)17(22)9-12-20(14(3)21)16-8-6-7-15(18)13-16/h6-8,13H,4-5,9-12H2,1-3H3. The SMILES string of the molecule is CCCN(CCC)C(=O)CCN(C(C)=O)c1cccc(Br)c1. The third-order valence-corrected chi connectivity index (χ3v) is 3.88. The lowest BCUT2D eigenvalue weighted by Gasteiger charge is -2.25. The van der Waals surface area contributed by atoms with E-state index in [0.717, 1.165) is 36.1 Å². The lowest BCUT2D eigenvalue weighted by molar-refractivity contribution is -0.131. The molecule has 0 saturated carbocycles. The molecule has 0 aliphatic heterocycles. The number of amides is 2. The fraction of sp³-hybridized carbons (Fsp3) is 0.529. The summed E-state index contributed by atoms with van der Waals surface area (Å²) in [6.07, 6.45) is 2.26. The molecule has 2 amide bonds. The van der Waals surface area contributed by atoms with E-state index in [9.17, 15) is 9.59 Å². The predicted molar refractivity (Wildman–Crippen MR) is 93.9 cm³/mol. The summed E-state index contributed by atoms with van der Waals surface area (Å²) in [5.74, 6) is 0.0633. The molecule has 0 radical (unpaired) electrons. The van der Waals surface area contributed by atoms with Gasteiger partial charge in [0.25, 0.3) is 0 Å². The van der Waals surface area contributed by atoms with Crippen LogP contribution in [0.5, 0.6) is 0 Å². The molecule has 22 heavy (non-hydrogen) atoms. The highest BCUT2D eigenvalue weighted by molar-refractivity contribution is 9.10. The molecule has 0 N–H and O–H groups in total. The van der Waals surface area contributed by atoms with Gasteiger partial charge in [-0.05, 0) is 31.0 Å². The van der Waals surface area contributed by atoms with Crippen LogP contribution in [-0.2, 0) is 9.59 Å². The van der Waals surface area contributed by atoms with Gasteiger partial charge < -0.3 is 9.80 Å². The predicted octanol–water partition coefficient (Wildman–Crippen LogP) is 3.84. The summed E-state index contributed by atoms with van der Waals surface area (Å²) in [6.45, 7) is 7.64. The van der Waals surface area contributed by atoms with Gasteiger partial charge in [-0.25, -0.2) is 0 Å². The first-order valence-corrected chi connectivity index (χ1v) is 8.60. The third-order valence-electron chi connectivity index (χ3n) is 3.39. The zero-order chi connectivity index (χ0) is 16.5. The van der Waals surface area contributed by atoms with E-state index in [1.807, 2.05) is 29.2 Å². The van der Waals surface area contributed by atoms with E-state index in [1.54, 1.807) is 4.90 Å². The van der Waals surface area contributed by atoms with E-state index in [1.165, 1.54) is 6.92 Å². The van der Waals surface area contributed by atoms with E-state index in [-0.39, 0.29) is 11.8 Å². The molecule has 0 fully saturated rings. The van der Waals surface area contributed by atoms with Crippen LogP contribution in [0.4, 0.5) is 5.69 Å². The summed E-state index contributed by atoms with van der Waals surface area (Å²) in [7, 11) is 0. The van der Waals surface area contributed by atoms with E-state index in [0.29, 0.717) is 13.0 Å². The molecule has 1 rings (SSSR count). The first-order valence-electron chi connectivity index (χ1n) is 7.81. The number of halogens is 1. The molecular weight excluding hydrogens is 344 g/mol. The zero-order valence-electron chi connectivity index (χ0n) is 13.6. The maximum absolute atomic E-state index is 12.3. The minimum Gasteiger partial charge on any atom is -0.343 e. The number of benzene rings is 1. The average Bonchev–Trinajstić information content (AvgIpc) is 2.46. The van der Waals surface area contributed by atoms with Crippen LogP contribution in [-0.4, -0.2) is 36.3 Å². The number of anilines is 1. The Bertz CT molecular complexity index is 499. The lowest BCUT2D eigenvalue weighted by atomic mass is 10.2. The van der Waals surface area contributed by atoms with Gasteiger partial charge in [0.1, 0.15) is 0 Å². The van der Waals surface area contributed by atoms with Gasteiger partial charge in [0, 0.05) is 43.1 Å². The average molecular weight is 369 g/mol. The third kappa shape index (κ3) is 5.79. The van der Waals surface area contributed by atoms with Crippen molar-refractivity contribution in [3.63, 3.8) is 0 Å². The molecule has 0 aliphatic carbocycles. The molecule has 0 bridgehead atoms. The molecule has 0 aliphatic rings. The molecule has 0 heterocycles. The van der Waals surface area contributed by atoms with Crippen molar-refractivity contribution in [1.29, 1.82) is 0 Å². The van der Waals surface area contributed by atoms with Gasteiger partial charge in [0.2, 0.25) is 11.8 Å². The number of nitrogens with zero attached hydrogens (tertiary/aromatic N) is 2. The summed E-state index contributed by atoms with van der Waals surface area (Å²) >= 11 is 3.41. The van der Waals surface area contributed by atoms with Gasteiger partial charge in [-0.1, -0.05) is 35.8 Å². The molecule has 4 nitrogen and oxygen atoms in total. The van der Waals surface area contributed by atoms with Crippen molar-refractivity contribution in [2.45, 2.75) is 40.0 Å². The molecule has 122 valence electrons. The van der Waals surface area contributed by atoms with Crippen molar-refractivity contribution in [1.82, 2.24) is 4.90 Å². The van der Waals surface area contributed by atoms with Crippen LogP contribution in [0.3, 0.4) is 0 Å². The highest BCUT2D eigenvalue weighted by atomic mass is 79.9. The van der Waals surface area contributed by atoms with Crippen LogP contribution in [0, 0.1) is 0 Å². The van der Waals surface area contributed by atoms with Crippen LogP contribution in [0.1, 0.15) is 40.0 Å². The fourth-order valence-corrected chi connectivity index (χ4v) is 2.77. The van der Waals surface area contributed by atoms with Crippen molar-refractivity contribution in [3.8, 4) is 0 Å². The van der Waals surface area contributed by atoms with Crippen LogP contribution < -0.4 is 4.90 Å². The Balaban J connectivity index is 2.72. The molecule has 5 heteroatoms. The van der Waals surface area contributed by atoms with Crippen molar-refractivity contribution < 1.29 is 9.59 Å². The zero-order valence-corrected chi connectivity index (χ0v) is 15.2. The molecule has 0 spiro atoms. The van der Waals surface area contributed by atoms with Crippen molar-refractivity contribution in [2.24, 2.45) is 0 Å². The topological polar surface area (TPSA) is 40.6 Å². The molecule has 0 aromatic heterocycles. The summed E-state index contributed by atoms with van der Waals surface area (Å²) in [5.41, 5.74) is 0.812. The second-order valence-electron chi connectivity index (χ2n) is 5.28. The molecule has 0 atom stereocenters. The van der Waals surface area contributed by atoms with Crippen molar-refractivity contribution in [2.75, 3.05) is 24.5 Å². The van der Waals surface area contributed by atoms with Crippen LogP contribution in [0.2, 0.25) is 0 Å². The summed E-state index contributed by atoms with van der Waals surface area (Å²) < 4.78 is 0.918. The molecular formula is C17H25BrN2O2. The fourth-order valence-electron chi connectivity index (χ4n) is 2.38. The van der Waals surface area contributed by atoms with E-state index >= 15 is 0 Å². The summed E-state index contributed by atoms with van der Waals surface area (Å²) in [5, 5.41) is 0. The Morgan fingerprint density at radius 3 is 2.23 bits per heavy atom. The van der Waals surface area contributed by atoms with Gasteiger partial charge in [-0.15, -0.1) is 0 Å². The maximum atomic E-state index is 12.3. The van der Waals surface area contributed by atoms with Crippen molar-refractivity contribution >= 4 is 33.4 Å². The largest absolute Gasteiger partial charge is 0.343 e. The summed E-state index contributed by atoms with van der Waals surface area (Å²) in [6, 6.07) is 7.57. The van der Waals surface area contributed by atoms with Gasteiger partial charge in [-0.2, -0.15) is 0 Å². The van der Waals surface area contributed by atoms with Gasteiger partial charge in [0.05, 0.1) is 0 Å². The monoisotopic (exact) mass is 368 g/mol. The highest BCUT2D eigenvalue weighted by Gasteiger charge is 2.16. The van der Waals surface area contributed by atoms with E-state index in [4.69, 9.17) is 0 Å². The van der Waals surface area contributed by atoms with Gasteiger partial charge in [-0.3, -0.25) is 9.59 Å². The van der Waals surface area contributed by atoms with Crippen LogP contribution in [0.25, 0.3) is 0 Å². The number of hydrogen-bond acceptors (Lipinski definition) is 2. The molecule has 0 unspecified atom stereocenters. The Morgan fingerprint density at radius 2 is 1.73 bits per heavy atom. The Kier molecular flexibility index (Phi) is 8.17.